The van der Waals surface area contributed by atoms with E-state index in [-0.39, 0.29) is 5.41 Å². The van der Waals surface area contributed by atoms with Crippen LogP contribution in [0.2, 0.25) is 0 Å². The lowest BCUT2D eigenvalue weighted by Crippen LogP contribution is -2.18. The van der Waals surface area contributed by atoms with Crippen molar-refractivity contribution in [1.29, 1.82) is 0 Å². The third kappa shape index (κ3) is 4.28. The standard InChI is InChI=1S/C25H25N3S/c1-25(2,3)21(18-29-20-14-8-5-9-15-20)24(19-12-6-4-7-13-19)28-23-17-11-10-16-22(23)26-27-28/h4-17H,18H2,1-3H3/b24-21-. The molecule has 0 unspecified atom stereocenters. The number of nitrogens with zero attached hydrogens (tertiary/aromatic N) is 3. The number of benzene rings is 3. The van der Waals surface area contributed by atoms with Gasteiger partial charge in [-0.05, 0) is 35.3 Å². The van der Waals surface area contributed by atoms with Crippen LogP contribution in [-0.2, 0) is 0 Å². The highest BCUT2D eigenvalue weighted by Crippen LogP contribution is 2.38. The number of para-hydroxylation sites is 1. The van der Waals surface area contributed by atoms with Crippen LogP contribution in [0.5, 0.6) is 0 Å². The van der Waals surface area contributed by atoms with Gasteiger partial charge < -0.3 is 0 Å². The topological polar surface area (TPSA) is 30.7 Å². The summed E-state index contributed by atoms with van der Waals surface area (Å²) in [5.74, 6) is 0.881. The molecule has 0 fully saturated rings. The molecular formula is C25H25N3S. The Kier molecular flexibility index (Phi) is 5.54. The van der Waals surface area contributed by atoms with Gasteiger partial charge in [-0.25, -0.2) is 4.68 Å². The zero-order valence-corrected chi connectivity index (χ0v) is 17.9. The minimum atomic E-state index is -0.0278. The quantitative estimate of drug-likeness (QED) is 0.358. The number of thioether (sulfide) groups is 1. The molecule has 0 N–H and O–H groups in total. The van der Waals surface area contributed by atoms with E-state index in [0.29, 0.717) is 0 Å². The molecule has 1 aromatic heterocycles. The second-order valence-electron chi connectivity index (χ2n) is 8.03. The third-order valence-electron chi connectivity index (χ3n) is 4.93. The fourth-order valence-corrected chi connectivity index (χ4v) is 4.60. The highest BCUT2D eigenvalue weighted by molar-refractivity contribution is 7.99. The Morgan fingerprint density at radius 1 is 0.828 bits per heavy atom. The lowest BCUT2D eigenvalue weighted by atomic mass is 9.84. The number of hydrogen-bond donors (Lipinski definition) is 0. The molecule has 1 heterocycles. The summed E-state index contributed by atoms with van der Waals surface area (Å²) in [6.07, 6.45) is 0. The van der Waals surface area contributed by atoms with Crippen LogP contribution in [0.4, 0.5) is 0 Å². The summed E-state index contributed by atoms with van der Waals surface area (Å²) in [4.78, 5) is 1.27. The Balaban J connectivity index is 1.91. The van der Waals surface area contributed by atoms with E-state index in [0.717, 1.165) is 28.0 Å². The van der Waals surface area contributed by atoms with Crippen molar-refractivity contribution in [1.82, 2.24) is 15.0 Å². The molecule has 0 aliphatic carbocycles. The third-order valence-corrected chi connectivity index (χ3v) is 5.97. The summed E-state index contributed by atoms with van der Waals surface area (Å²) in [6.45, 7) is 6.82. The van der Waals surface area contributed by atoms with Crippen molar-refractivity contribution in [3.63, 3.8) is 0 Å². The molecule has 146 valence electrons. The first-order valence-corrected chi connectivity index (χ1v) is 10.8. The van der Waals surface area contributed by atoms with Crippen LogP contribution < -0.4 is 0 Å². The zero-order valence-electron chi connectivity index (χ0n) is 17.0. The number of aromatic nitrogens is 3. The van der Waals surface area contributed by atoms with Crippen LogP contribution >= 0.6 is 11.8 Å². The molecule has 0 bridgehead atoms. The summed E-state index contributed by atoms with van der Waals surface area (Å²) in [6, 6.07) is 29.2. The maximum atomic E-state index is 4.56. The van der Waals surface area contributed by atoms with E-state index in [9.17, 15) is 0 Å². The van der Waals surface area contributed by atoms with E-state index in [4.69, 9.17) is 0 Å². The van der Waals surface area contributed by atoms with Gasteiger partial charge in [0.1, 0.15) is 5.52 Å². The first-order chi connectivity index (χ1) is 14.0. The Morgan fingerprint density at radius 2 is 1.45 bits per heavy atom. The van der Waals surface area contributed by atoms with E-state index >= 15 is 0 Å². The van der Waals surface area contributed by atoms with Gasteiger partial charge in [0.2, 0.25) is 0 Å². The summed E-state index contributed by atoms with van der Waals surface area (Å²) in [7, 11) is 0. The van der Waals surface area contributed by atoms with Crippen LogP contribution in [0.15, 0.2) is 95.4 Å². The van der Waals surface area contributed by atoms with Crippen molar-refractivity contribution < 1.29 is 0 Å². The lowest BCUT2D eigenvalue weighted by Gasteiger charge is -2.27. The van der Waals surface area contributed by atoms with Gasteiger partial charge in [0, 0.05) is 16.2 Å². The van der Waals surface area contributed by atoms with Crippen molar-refractivity contribution in [3.8, 4) is 0 Å². The van der Waals surface area contributed by atoms with E-state index in [1.54, 1.807) is 0 Å². The van der Waals surface area contributed by atoms with Crippen LogP contribution in [0.1, 0.15) is 26.3 Å². The molecule has 0 atom stereocenters. The van der Waals surface area contributed by atoms with Gasteiger partial charge in [0.05, 0.1) is 11.2 Å². The molecule has 3 aromatic carbocycles. The van der Waals surface area contributed by atoms with Crippen molar-refractivity contribution >= 4 is 28.5 Å². The van der Waals surface area contributed by atoms with Gasteiger partial charge in [0.25, 0.3) is 0 Å². The summed E-state index contributed by atoms with van der Waals surface area (Å²) < 4.78 is 2.01. The Morgan fingerprint density at radius 3 is 2.14 bits per heavy atom. The average Bonchev–Trinajstić information content (AvgIpc) is 3.15. The van der Waals surface area contributed by atoms with Crippen LogP contribution in [-0.4, -0.2) is 20.7 Å². The highest BCUT2D eigenvalue weighted by atomic mass is 32.2. The number of rotatable bonds is 5. The molecular weight excluding hydrogens is 374 g/mol. The molecule has 0 radical (unpaired) electrons. The monoisotopic (exact) mass is 399 g/mol. The molecule has 3 nitrogen and oxygen atoms in total. The second kappa shape index (κ2) is 8.26. The van der Waals surface area contributed by atoms with Crippen molar-refractivity contribution in [2.75, 3.05) is 5.75 Å². The fourth-order valence-electron chi connectivity index (χ4n) is 3.37. The Labute approximate surface area is 176 Å². The maximum Gasteiger partial charge on any atom is 0.113 e. The van der Waals surface area contributed by atoms with Gasteiger partial charge in [-0.3, -0.25) is 0 Å². The highest BCUT2D eigenvalue weighted by Gasteiger charge is 2.25. The molecule has 4 rings (SSSR count). The van der Waals surface area contributed by atoms with Gasteiger partial charge in [-0.2, -0.15) is 0 Å². The zero-order chi connectivity index (χ0) is 20.3. The fraction of sp³-hybridized carbons (Fsp3) is 0.200. The Hall–Kier alpha value is -2.85. The summed E-state index contributed by atoms with van der Waals surface area (Å²) >= 11 is 1.86. The smallest absolute Gasteiger partial charge is 0.113 e. The van der Waals surface area contributed by atoms with E-state index in [1.807, 2.05) is 34.6 Å². The molecule has 0 saturated heterocycles. The minimum absolute atomic E-state index is 0.0278. The SMILES string of the molecule is CC(C)(C)/C(CSc1ccccc1)=C(/c1ccccc1)n1nnc2ccccc21. The Bertz CT molecular complexity index is 1120. The van der Waals surface area contributed by atoms with Gasteiger partial charge in [-0.15, -0.1) is 16.9 Å². The first-order valence-electron chi connectivity index (χ1n) is 9.82. The number of hydrogen-bond acceptors (Lipinski definition) is 3. The second-order valence-corrected chi connectivity index (χ2v) is 9.08. The summed E-state index contributed by atoms with van der Waals surface area (Å²) in [5.41, 5.74) is 5.52. The van der Waals surface area contributed by atoms with Gasteiger partial charge in [-0.1, -0.05) is 86.6 Å². The molecule has 29 heavy (non-hydrogen) atoms. The van der Waals surface area contributed by atoms with Crippen LogP contribution in [0, 0.1) is 5.41 Å². The molecule has 0 saturated carbocycles. The minimum Gasteiger partial charge on any atom is -0.212 e. The van der Waals surface area contributed by atoms with E-state index < -0.39 is 0 Å². The largest absolute Gasteiger partial charge is 0.212 e. The van der Waals surface area contributed by atoms with Gasteiger partial charge >= 0.3 is 0 Å². The summed E-state index contributed by atoms with van der Waals surface area (Å²) in [5, 5.41) is 8.98. The maximum absolute atomic E-state index is 4.56. The molecule has 4 heteroatoms. The first kappa shape index (κ1) is 19.5. The van der Waals surface area contributed by atoms with E-state index in [2.05, 4.69) is 97.8 Å². The van der Waals surface area contributed by atoms with Crippen LogP contribution in [0.25, 0.3) is 16.7 Å². The predicted molar refractivity (Wildman–Crippen MR) is 123 cm³/mol. The van der Waals surface area contributed by atoms with Crippen molar-refractivity contribution in [2.24, 2.45) is 5.41 Å². The molecule has 0 spiro atoms. The molecule has 0 amide bonds. The van der Waals surface area contributed by atoms with Crippen molar-refractivity contribution in [2.45, 2.75) is 25.7 Å². The van der Waals surface area contributed by atoms with Crippen LogP contribution in [0.3, 0.4) is 0 Å². The predicted octanol–water partition coefficient (Wildman–Crippen LogP) is 6.53. The van der Waals surface area contributed by atoms with Gasteiger partial charge in [0.15, 0.2) is 0 Å². The molecule has 4 aromatic rings. The molecule has 0 aliphatic heterocycles. The molecule has 0 aliphatic rings. The number of fused-ring (bicyclic) bond motifs is 1. The average molecular weight is 400 g/mol. The lowest BCUT2D eigenvalue weighted by molar-refractivity contribution is 0.504. The van der Waals surface area contributed by atoms with Crippen molar-refractivity contribution in [3.05, 3.63) is 96.1 Å². The normalized spacial score (nSPS) is 12.8. The van der Waals surface area contributed by atoms with E-state index in [1.165, 1.54) is 10.5 Å².